The standard InChI is InChI=1S/C23H37FO2Si/c1-22(2,3)27(4,5)26-16-17-8-11-19(15-17)23(25)14-6-7-21(23)18-9-12-20(24)13-10-18/h9-10,12-13,17,19,21,25H,6-8,11,14-16H2,1-5H3. The van der Waals surface area contributed by atoms with Crippen molar-refractivity contribution in [1.82, 2.24) is 0 Å². The molecule has 2 aliphatic carbocycles. The summed E-state index contributed by atoms with van der Waals surface area (Å²) < 4.78 is 19.8. The van der Waals surface area contributed by atoms with Crippen LogP contribution < -0.4 is 0 Å². The predicted molar refractivity (Wildman–Crippen MR) is 112 cm³/mol. The Hall–Kier alpha value is -0.713. The van der Waals surface area contributed by atoms with Crippen molar-refractivity contribution in [3.63, 3.8) is 0 Å². The summed E-state index contributed by atoms with van der Waals surface area (Å²) in [6.07, 6.45) is 6.22. The Labute approximate surface area is 165 Å². The van der Waals surface area contributed by atoms with Crippen molar-refractivity contribution in [2.24, 2.45) is 11.8 Å². The maximum atomic E-state index is 13.3. The molecule has 0 radical (unpaired) electrons. The first-order valence-corrected chi connectivity index (χ1v) is 13.6. The Bertz CT molecular complexity index is 637. The van der Waals surface area contributed by atoms with E-state index in [4.69, 9.17) is 4.43 Å². The van der Waals surface area contributed by atoms with Crippen molar-refractivity contribution < 1.29 is 13.9 Å². The zero-order valence-electron chi connectivity index (χ0n) is 17.7. The Morgan fingerprint density at radius 1 is 1.15 bits per heavy atom. The van der Waals surface area contributed by atoms with Crippen LogP contribution >= 0.6 is 0 Å². The van der Waals surface area contributed by atoms with Gasteiger partial charge >= 0.3 is 0 Å². The van der Waals surface area contributed by atoms with Gasteiger partial charge in [-0.3, -0.25) is 0 Å². The first kappa shape index (κ1) is 21.0. The second-order valence-electron chi connectivity index (χ2n) is 10.4. The molecule has 3 rings (SSSR count). The van der Waals surface area contributed by atoms with Crippen molar-refractivity contribution in [3.8, 4) is 0 Å². The minimum atomic E-state index is -1.71. The van der Waals surface area contributed by atoms with Crippen LogP contribution in [0.5, 0.6) is 0 Å². The van der Waals surface area contributed by atoms with Crippen LogP contribution in [0.25, 0.3) is 0 Å². The summed E-state index contributed by atoms with van der Waals surface area (Å²) in [7, 11) is -1.71. The molecule has 2 saturated carbocycles. The summed E-state index contributed by atoms with van der Waals surface area (Å²) >= 11 is 0. The van der Waals surface area contributed by atoms with Crippen LogP contribution in [-0.4, -0.2) is 25.6 Å². The fourth-order valence-corrected chi connectivity index (χ4v) is 5.96. The highest BCUT2D eigenvalue weighted by molar-refractivity contribution is 6.74. The lowest BCUT2D eigenvalue weighted by atomic mass is 9.75. The van der Waals surface area contributed by atoms with E-state index in [1.165, 1.54) is 12.1 Å². The lowest BCUT2D eigenvalue weighted by Gasteiger charge is -2.38. The molecule has 1 N–H and O–H groups in total. The zero-order chi connectivity index (χ0) is 19.9. The summed E-state index contributed by atoms with van der Waals surface area (Å²) in [5, 5.41) is 11.9. The van der Waals surface area contributed by atoms with Crippen LogP contribution in [0.1, 0.15) is 70.8 Å². The molecule has 1 aromatic rings. The Balaban J connectivity index is 1.64. The molecule has 0 spiro atoms. The molecule has 2 nitrogen and oxygen atoms in total. The van der Waals surface area contributed by atoms with Gasteiger partial charge in [0.15, 0.2) is 8.32 Å². The Morgan fingerprint density at radius 3 is 2.44 bits per heavy atom. The molecule has 4 unspecified atom stereocenters. The van der Waals surface area contributed by atoms with Gasteiger partial charge in [-0.05, 0) is 86.2 Å². The topological polar surface area (TPSA) is 29.5 Å². The molecule has 4 atom stereocenters. The van der Waals surface area contributed by atoms with E-state index in [9.17, 15) is 9.50 Å². The molecule has 27 heavy (non-hydrogen) atoms. The van der Waals surface area contributed by atoms with Gasteiger partial charge in [-0.1, -0.05) is 32.9 Å². The fraction of sp³-hybridized carbons (Fsp3) is 0.739. The van der Waals surface area contributed by atoms with E-state index < -0.39 is 13.9 Å². The van der Waals surface area contributed by atoms with Gasteiger partial charge in [0.25, 0.3) is 0 Å². The second kappa shape index (κ2) is 7.60. The molecule has 152 valence electrons. The smallest absolute Gasteiger partial charge is 0.191 e. The highest BCUT2D eigenvalue weighted by Crippen LogP contribution is 2.52. The van der Waals surface area contributed by atoms with E-state index in [1.807, 2.05) is 12.1 Å². The SMILES string of the molecule is CC(C)(C)[Si](C)(C)OCC1CCC(C2(O)CCCC2c2ccc(F)cc2)C1. The normalized spacial score (nSPS) is 32.2. The maximum absolute atomic E-state index is 13.3. The number of halogens is 1. The number of hydrogen-bond acceptors (Lipinski definition) is 2. The monoisotopic (exact) mass is 392 g/mol. The average Bonchev–Trinajstić information content (AvgIpc) is 3.20. The van der Waals surface area contributed by atoms with Crippen LogP contribution in [0, 0.1) is 17.7 Å². The summed E-state index contributed by atoms with van der Waals surface area (Å²) in [6.45, 7) is 12.3. The molecular formula is C23H37FO2Si. The third kappa shape index (κ3) is 4.33. The molecule has 0 heterocycles. The van der Waals surface area contributed by atoms with Crippen molar-refractivity contribution in [1.29, 1.82) is 0 Å². The molecule has 0 aliphatic heterocycles. The van der Waals surface area contributed by atoms with Gasteiger partial charge in [-0.15, -0.1) is 0 Å². The van der Waals surface area contributed by atoms with Crippen LogP contribution in [0.3, 0.4) is 0 Å². The lowest BCUT2D eigenvalue weighted by molar-refractivity contribution is -0.0276. The molecule has 2 fully saturated rings. The molecule has 1 aromatic carbocycles. The van der Waals surface area contributed by atoms with Gasteiger partial charge in [0.2, 0.25) is 0 Å². The van der Waals surface area contributed by atoms with Gasteiger partial charge in [-0.2, -0.15) is 0 Å². The summed E-state index contributed by atoms with van der Waals surface area (Å²) in [5.74, 6) is 0.831. The number of hydrogen-bond donors (Lipinski definition) is 1. The Kier molecular flexibility index (Phi) is 5.92. The average molecular weight is 393 g/mol. The number of aliphatic hydroxyl groups is 1. The fourth-order valence-electron chi connectivity index (χ4n) is 4.88. The van der Waals surface area contributed by atoms with Gasteiger partial charge in [0, 0.05) is 12.5 Å². The molecule has 2 aliphatic rings. The van der Waals surface area contributed by atoms with Crippen LogP contribution in [0.15, 0.2) is 24.3 Å². The van der Waals surface area contributed by atoms with E-state index in [0.717, 1.165) is 50.7 Å². The Morgan fingerprint density at radius 2 is 1.81 bits per heavy atom. The first-order chi connectivity index (χ1) is 12.5. The van der Waals surface area contributed by atoms with Crippen molar-refractivity contribution in [2.75, 3.05) is 6.61 Å². The van der Waals surface area contributed by atoms with Gasteiger partial charge < -0.3 is 9.53 Å². The predicted octanol–water partition coefficient (Wildman–Crippen LogP) is 6.26. The molecule has 4 heteroatoms. The highest BCUT2D eigenvalue weighted by atomic mass is 28.4. The van der Waals surface area contributed by atoms with E-state index in [0.29, 0.717) is 11.8 Å². The van der Waals surface area contributed by atoms with E-state index >= 15 is 0 Å². The summed E-state index contributed by atoms with van der Waals surface area (Å²) in [5.41, 5.74) is 0.459. The van der Waals surface area contributed by atoms with Crippen LogP contribution in [0.4, 0.5) is 4.39 Å². The van der Waals surface area contributed by atoms with Gasteiger partial charge in [-0.25, -0.2) is 4.39 Å². The summed E-state index contributed by atoms with van der Waals surface area (Å²) in [4.78, 5) is 0. The van der Waals surface area contributed by atoms with E-state index in [1.54, 1.807) is 0 Å². The van der Waals surface area contributed by atoms with Crippen LogP contribution in [-0.2, 0) is 4.43 Å². The van der Waals surface area contributed by atoms with Crippen molar-refractivity contribution in [3.05, 3.63) is 35.6 Å². The maximum Gasteiger partial charge on any atom is 0.191 e. The molecule has 0 amide bonds. The lowest BCUT2D eigenvalue weighted by Crippen LogP contribution is -2.42. The number of benzene rings is 1. The molecular weight excluding hydrogens is 355 g/mol. The largest absolute Gasteiger partial charge is 0.417 e. The minimum Gasteiger partial charge on any atom is -0.417 e. The zero-order valence-corrected chi connectivity index (χ0v) is 18.7. The van der Waals surface area contributed by atoms with Gasteiger partial charge in [0.05, 0.1) is 5.60 Å². The van der Waals surface area contributed by atoms with Gasteiger partial charge in [0.1, 0.15) is 5.82 Å². The molecule has 0 bridgehead atoms. The third-order valence-electron chi connectivity index (χ3n) is 7.68. The van der Waals surface area contributed by atoms with E-state index in [-0.39, 0.29) is 16.8 Å². The van der Waals surface area contributed by atoms with Crippen LogP contribution in [0.2, 0.25) is 18.1 Å². The molecule has 0 saturated heterocycles. The third-order valence-corrected chi connectivity index (χ3v) is 12.2. The second-order valence-corrected chi connectivity index (χ2v) is 15.2. The molecule has 0 aromatic heterocycles. The minimum absolute atomic E-state index is 0.142. The quantitative estimate of drug-likeness (QED) is 0.599. The highest BCUT2D eigenvalue weighted by Gasteiger charge is 2.50. The summed E-state index contributed by atoms with van der Waals surface area (Å²) in [6, 6.07) is 6.78. The first-order valence-electron chi connectivity index (χ1n) is 10.6. The van der Waals surface area contributed by atoms with E-state index in [2.05, 4.69) is 33.9 Å². The van der Waals surface area contributed by atoms with Crippen molar-refractivity contribution >= 4 is 8.32 Å². The number of rotatable bonds is 5. The van der Waals surface area contributed by atoms with Crippen molar-refractivity contribution in [2.45, 2.75) is 88.9 Å².